The number of benzene rings is 1. The number of rotatable bonds is 11. The molecule has 0 bridgehead atoms. The van der Waals surface area contributed by atoms with Crippen LogP contribution in [0, 0.1) is 5.41 Å². The highest BCUT2D eigenvalue weighted by Gasteiger charge is 2.21. The predicted octanol–water partition coefficient (Wildman–Crippen LogP) is 1.78. The molecule has 11 heteroatoms. The first-order valence-electron chi connectivity index (χ1n) is 9.72. The highest BCUT2D eigenvalue weighted by atomic mass is 35.5. The average molecular weight is 469 g/mol. The average Bonchev–Trinajstić information content (AvgIpc) is 3.25. The summed E-state index contributed by atoms with van der Waals surface area (Å²) in [6.45, 7) is 2.94. The molecule has 168 valence electrons. The number of guanidine groups is 1. The van der Waals surface area contributed by atoms with Gasteiger partial charge in [0.2, 0.25) is 0 Å². The van der Waals surface area contributed by atoms with E-state index in [-0.39, 0.29) is 12.0 Å². The van der Waals surface area contributed by atoms with Crippen LogP contribution in [0.25, 0.3) is 0 Å². The van der Waals surface area contributed by atoms with Crippen LogP contribution in [0.5, 0.6) is 0 Å². The van der Waals surface area contributed by atoms with E-state index in [0.29, 0.717) is 22.2 Å². The van der Waals surface area contributed by atoms with Crippen molar-refractivity contribution in [3.63, 3.8) is 0 Å². The number of nitrogens with zero attached hydrogens (tertiary/aromatic N) is 1. The summed E-state index contributed by atoms with van der Waals surface area (Å²) in [7, 11) is 1.27. The third kappa shape index (κ3) is 8.47. The molecule has 9 nitrogen and oxygen atoms in total. The first kappa shape index (κ1) is 24.5. The molecule has 0 saturated carbocycles. The summed E-state index contributed by atoms with van der Waals surface area (Å²) in [4.78, 5) is 28.7. The number of aliphatic imine (C=N–C) groups is 1. The summed E-state index contributed by atoms with van der Waals surface area (Å²) in [6, 6.07) is 4.07. The maximum absolute atomic E-state index is 12.7. The topological polar surface area (TPSA) is 128 Å². The molecule has 5 N–H and O–H groups in total. The van der Waals surface area contributed by atoms with Crippen molar-refractivity contribution >= 4 is 47.3 Å². The lowest BCUT2D eigenvalue weighted by atomic mass is 10.0. The molecular weight excluding hydrogens is 443 g/mol. The van der Waals surface area contributed by atoms with Gasteiger partial charge in [-0.05, 0) is 30.2 Å². The van der Waals surface area contributed by atoms with E-state index in [1.807, 2.05) is 0 Å². The first-order valence-corrected chi connectivity index (χ1v) is 10.5. The van der Waals surface area contributed by atoms with Crippen LogP contribution in [0.4, 0.5) is 0 Å². The van der Waals surface area contributed by atoms with Crippen molar-refractivity contribution in [3.05, 3.63) is 45.6 Å². The fraction of sp³-hybridized carbons (Fsp3) is 0.400. The van der Waals surface area contributed by atoms with Gasteiger partial charge >= 0.3 is 5.97 Å². The summed E-state index contributed by atoms with van der Waals surface area (Å²) < 4.78 is 4.72. The molecule has 1 aromatic rings. The quantitative estimate of drug-likeness (QED) is 0.146. The van der Waals surface area contributed by atoms with E-state index in [1.165, 1.54) is 13.3 Å². The molecule has 1 aliphatic rings. The first-order chi connectivity index (χ1) is 14.9. The van der Waals surface area contributed by atoms with Crippen LogP contribution in [-0.4, -0.2) is 57.3 Å². The highest BCUT2D eigenvalue weighted by molar-refractivity contribution is 6.34. The second kappa shape index (κ2) is 12.8. The van der Waals surface area contributed by atoms with Gasteiger partial charge in [-0.1, -0.05) is 23.2 Å². The number of amides is 1. The van der Waals surface area contributed by atoms with E-state index in [2.05, 4.69) is 26.3 Å². The number of carbonyl (C=O) groups is 2. The molecule has 31 heavy (non-hydrogen) atoms. The maximum Gasteiger partial charge on any atom is 0.307 e. The Balaban J connectivity index is 1.94. The second-order valence-electron chi connectivity index (χ2n) is 6.64. The molecule has 0 fully saturated rings. The van der Waals surface area contributed by atoms with Gasteiger partial charge in [-0.2, -0.15) is 0 Å². The predicted molar refractivity (Wildman–Crippen MR) is 122 cm³/mol. The zero-order valence-electron chi connectivity index (χ0n) is 17.1. The van der Waals surface area contributed by atoms with E-state index in [0.717, 1.165) is 38.2 Å². The second-order valence-corrected chi connectivity index (χ2v) is 7.52. The van der Waals surface area contributed by atoms with E-state index in [1.54, 1.807) is 18.2 Å². The number of hydrogen-bond acceptors (Lipinski definition) is 8. The Hall–Kier alpha value is -2.78. The van der Waals surface area contributed by atoms with Crippen molar-refractivity contribution in [2.45, 2.75) is 18.9 Å². The molecule has 0 spiro atoms. The number of carbonyl (C=O) groups excluding carboxylic acids is 2. The maximum atomic E-state index is 12.7. The number of nitrogens with one attached hydrogen (secondary N) is 5. The lowest BCUT2D eigenvalue weighted by Gasteiger charge is -2.19. The van der Waals surface area contributed by atoms with Gasteiger partial charge in [-0.15, -0.1) is 0 Å². The van der Waals surface area contributed by atoms with E-state index in [4.69, 9.17) is 33.3 Å². The standard InChI is InChI=1S/C20H26Cl2N6O3/c1-31-18(29)10-17(13-7-15(21)9-16(22)8-13)28-19(30)14(11-23)12-24-3-2-4-25-20-26-5-6-27-20/h7-9,11-12,17,23-24H,2-6,10H2,1H3,(H,28,30)(H2,25,26,27)/b14-12+,23-11?/t17-/m0/s1. The Bertz CT molecular complexity index is 839. The van der Waals surface area contributed by atoms with Crippen LogP contribution in [-0.2, 0) is 14.3 Å². The van der Waals surface area contributed by atoms with Gasteiger partial charge in [0.05, 0.1) is 31.7 Å². The van der Waals surface area contributed by atoms with Crippen molar-refractivity contribution in [3.8, 4) is 0 Å². The minimum Gasteiger partial charge on any atom is -0.469 e. The normalized spacial score (nSPS) is 14.2. The summed E-state index contributed by atoms with van der Waals surface area (Å²) in [6.07, 6.45) is 3.09. The van der Waals surface area contributed by atoms with Gasteiger partial charge in [0.25, 0.3) is 5.91 Å². The van der Waals surface area contributed by atoms with Gasteiger partial charge in [0.1, 0.15) is 0 Å². The summed E-state index contributed by atoms with van der Waals surface area (Å²) in [5.74, 6) is -0.225. The van der Waals surface area contributed by atoms with Crippen LogP contribution in [0.2, 0.25) is 10.0 Å². The Labute approximate surface area is 191 Å². The molecule has 0 aromatic heterocycles. The van der Waals surface area contributed by atoms with Crippen molar-refractivity contribution in [2.75, 3.05) is 33.3 Å². The lowest BCUT2D eigenvalue weighted by molar-refractivity contribution is -0.141. The van der Waals surface area contributed by atoms with Gasteiger partial charge < -0.3 is 31.4 Å². The Morgan fingerprint density at radius 3 is 2.65 bits per heavy atom. The molecule has 0 saturated heterocycles. The molecule has 1 aromatic carbocycles. The molecule has 1 atom stereocenters. The van der Waals surface area contributed by atoms with Crippen molar-refractivity contribution in [1.82, 2.24) is 21.3 Å². The molecule has 2 rings (SSSR count). The number of esters is 1. The summed E-state index contributed by atoms with van der Waals surface area (Å²) in [5.41, 5.74) is 0.667. The SMILES string of the molecule is COC(=O)C[C@H](NC(=O)/C(C=N)=C/NCCCNC1=NCCN1)c1cc(Cl)cc(Cl)c1. The zero-order chi connectivity index (χ0) is 22.6. The zero-order valence-corrected chi connectivity index (χ0v) is 18.6. The fourth-order valence-corrected chi connectivity index (χ4v) is 3.33. The van der Waals surface area contributed by atoms with Gasteiger partial charge in [0.15, 0.2) is 5.96 Å². The molecule has 0 aliphatic carbocycles. The van der Waals surface area contributed by atoms with Crippen LogP contribution in [0.3, 0.4) is 0 Å². The number of methoxy groups -OCH3 is 1. The third-order valence-electron chi connectivity index (χ3n) is 4.33. The summed E-state index contributed by atoms with van der Waals surface area (Å²) >= 11 is 12.1. The fourth-order valence-electron chi connectivity index (χ4n) is 2.79. The number of ether oxygens (including phenoxy) is 1. The van der Waals surface area contributed by atoms with E-state index in [9.17, 15) is 9.59 Å². The number of hydrogen-bond donors (Lipinski definition) is 5. The highest BCUT2D eigenvalue weighted by Crippen LogP contribution is 2.26. The van der Waals surface area contributed by atoms with Crippen molar-refractivity contribution < 1.29 is 14.3 Å². The Morgan fingerprint density at radius 1 is 1.29 bits per heavy atom. The van der Waals surface area contributed by atoms with Crippen LogP contribution < -0.4 is 21.3 Å². The molecule has 0 unspecified atom stereocenters. The molecule has 1 heterocycles. The minimum atomic E-state index is -0.719. The van der Waals surface area contributed by atoms with Crippen LogP contribution >= 0.6 is 23.2 Å². The summed E-state index contributed by atoms with van der Waals surface area (Å²) in [5, 5.41) is 20.4. The Kier molecular flexibility index (Phi) is 10.1. The van der Waals surface area contributed by atoms with E-state index < -0.39 is 17.9 Å². The van der Waals surface area contributed by atoms with Gasteiger partial charge in [0, 0.05) is 42.1 Å². The van der Waals surface area contributed by atoms with Crippen LogP contribution in [0.15, 0.2) is 35.0 Å². The van der Waals surface area contributed by atoms with Crippen LogP contribution in [0.1, 0.15) is 24.4 Å². The smallest absolute Gasteiger partial charge is 0.307 e. The molecule has 1 aliphatic heterocycles. The Morgan fingerprint density at radius 2 is 2.03 bits per heavy atom. The van der Waals surface area contributed by atoms with Gasteiger partial charge in [-0.3, -0.25) is 14.6 Å². The molecule has 1 amide bonds. The van der Waals surface area contributed by atoms with Crippen molar-refractivity contribution in [2.24, 2.45) is 4.99 Å². The molecular formula is C20H26Cl2N6O3. The number of halogens is 2. The lowest BCUT2D eigenvalue weighted by Crippen LogP contribution is -2.35. The third-order valence-corrected chi connectivity index (χ3v) is 4.77. The molecule has 0 radical (unpaired) electrons. The van der Waals surface area contributed by atoms with Gasteiger partial charge in [-0.25, -0.2) is 0 Å². The monoisotopic (exact) mass is 468 g/mol. The minimum absolute atomic E-state index is 0.109. The van der Waals surface area contributed by atoms with Crippen molar-refractivity contribution in [1.29, 1.82) is 5.41 Å². The van der Waals surface area contributed by atoms with E-state index >= 15 is 0 Å². The largest absolute Gasteiger partial charge is 0.469 e.